The van der Waals surface area contributed by atoms with Crippen LogP contribution in [-0.4, -0.2) is 15.6 Å². The summed E-state index contributed by atoms with van der Waals surface area (Å²) in [5, 5.41) is 11.3. The van der Waals surface area contributed by atoms with Crippen LogP contribution in [0.1, 0.15) is 19.3 Å². The van der Waals surface area contributed by atoms with Crippen molar-refractivity contribution in [3.63, 3.8) is 0 Å². The number of thioether (sulfide) groups is 1. The van der Waals surface area contributed by atoms with Gasteiger partial charge in [-0.15, -0.1) is 23.4 Å². The summed E-state index contributed by atoms with van der Waals surface area (Å²) in [7, 11) is 0. The lowest BCUT2D eigenvalue weighted by molar-refractivity contribution is -0.384. The van der Waals surface area contributed by atoms with Crippen LogP contribution < -0.4 is 0 Å². The number of nitro benzene ring substituents is 1. The minimum Gasteiger partial charge on any atom is -0.258 e. The number of fused-ring (bicyclic) bond motifs is 2. The molecule has 0 radical (unpaired) electrons. The minimum absolute atomic E-state index is 0.148. The number of non-ortho nitro benzene ring substituents is 1. The van der Waals surface area contributed by atoms with E-state index >= 15 is 0 Å². The Morgan fingerprint density at radius 3 is 2.44 bits per heavy atom. The second-order valence-corrected chi connectivity index (χ2v) is 6.87. The molecule has 96 valence electrons. The number of alkyl halides is 1. The molecule has 0 aliphatic heterocycles. The van der Waals surface area contributed by atoms with Crippen LogP contribution in [0.25, 0.3) is 0 Å². The van der Waals surface area contributed by atoms with E-state index in [-0.39, 0.29) is 16.0 Å². The van der Waals surface area contributed by atoms with E-state index in [0.717, 1.165) is 10.8 Å². The molecule has 3 nitrogen and oxygen atoms in total. The molecule has 2 fully saturated rings. The number of nitro groups is 1. The fourth-order valence-corrected chi connectivity index (χ4v) is 5.12. The highest BCUT2D eigenvalue weighted by Crippen LogP contribution is 2.53. The molecule has 0 N–H and O–H groups in total. The second kappa shape index (κ2) is 4.74. The van der Waals surface area contributed by atoms with Crippen molar-refractivity contribution in [3.05, 3.63) is 34.4 Å². The number of benzene rings is 1. The summed E-state index contributed by atoms with van der Waals surface area (Å²) < 4.78 is 0. The first-order valence-electron chi connectivity index (χ1n) is 6.20. The molecule has 2 aliphatic rings. The van der Waals surface area contributed by atoms with Crippen LogP contribution in [0.3, 0.4) is 0 Å². The molecular formula is C13H14ClNO2S. The fraction of sp³-hybridized carbons (Fsp3) is 0.538. The number of rotatable bonds is 3. The highest BCUT2D eigenvalue weighted by Gasteiger charge is 2.47. The average Bonchev–Trinajstić information content (AvgIpc) is 2.94. The van der Waals surface area contributed by atoms with Gasteiger partial charge in [-0.05, 0) is 43.2 Å². The van der Waals surface area contributed by atoms with E-state index in [1.165, 1.54) is 19.3 Å². The summed E-state index contributed by atoms with van der Waals surface area (Å²) >= 11 is 8.27. The quantitative estimate of drug-likeness (QED) is 0.477. The van der Waals surface area contributed by atoms with Crippen LogP contribution in [0, 0.1) is 22.0 Å². The first kappa shape index (κ1) is 12.3. The molecule has 0 unspecified atom stereocenters. The van der Waals surface area contributed by atoms with Crippen molar-refractivity contribution in [2.24, 2.45) is 11.8 Å². The fourth-order valence-electron chi connectivity index (χ4n) is 3.13. The maximum atomic E-state index is 10.6. The molecule has 2 aliphatic carbocycles. The summed E-state index contributed by atoms with van der Waals surface area (Å²) in [4.78, 5) is 11.3. The van der Waals surface area contributed by atoms with Gasteiger partial charge in [0.1, 0.15) is 0 Å². The van der Waals surface area contributed by atoms with Crippen molar-refractivity contribution in [1.82, 2.24) is 0 Å². The maximum absolute atomic E-state index is 10.6. The molecule has 0 spiro atoms. The van der Waals surface area contributed by atoms with Crippen LogP contribution >= 0.6 is 23.4 Å². The van der Waals surface area contributed by atoms with Gasteiger partial charge in [0.25, 0.3) is 5.69 Å². The van der Waals surface area contributed by atoms with Crippen molar-refractivity contribution in [2.75, 3.05) is 0 Å². The van der Waals surface area contributed by atoms with Gasteiger partial charge in [0.2, 0.25) is 0 Å². The highest BCUT2D eigenvalue weighted by molar-refractivity contribution is 8.00. The highest BCUT2D eigenvalue weighted by atomic mass is 35.5. The predicted molar refractivity (Wildman–Crippen MR) is 73.2 cm³/mol. The third kappa shape index (κ3) is 2.12. The monoisotopic (exact) mass is 283 g/mol. The summed E-state index contributed by atoms with van der Waals surface area (Å²) in [6.07, 6.45) is 3.83. The smallest absolute Gasteiger partial charge is 0.258 e. The van der Waals surface area contributed by atoms with Gasteiger partial charge in [-0.3, -0.25) is 10.1 Å². The van der Waals surface area contributed by atoms with Crippen LogP contribution in [0.4, 0.5) is 5.69 Å². The summed E-state index contributed by atoms with van der Waals surface area (Å²) in [5.41, 5.74) is 0.148. The summed E-state index contributed by atoms with van der Waals surface area (Å²) in [6, 6.07) is 6.80. The number of halogens is 1. The lowest BCUT2D eigenvalue weighted by Crippen LogP contribution is -2.24. The van der Waals surface area contributed by atoms with Gasteiger partial charge < -0.3 is 0 Å². The minimum atomic E-state index is -0.365. The van der Waals surface area contributed by atoms with E-state index in [0.29, 0.717) is 11.2 Å². The normalized spacial score (nSPS) is 33.8. The molecule has 5 heteroatoms. The summed E-state index contributed by atoms with van der Waals surface area (Å²) in [5.74, 6) is 1.42. The Hall–Kier alpha value is -0.740. The zero-order valence-electron chi connectivity index (χ0n) is 9.79. The Bertz CT molecular complexity index is 463. The first-order valence-corrected chi connectivity index (χ1v) is 7.52. The Balaban J connectivity index is 1.71. The second-order valence-electron chi connectivity index (χ2n) is 5.11. The molecular weight excluding hydrogens is 270 g/mol. The van der Waals surface area contributed by atoms with Gasteiger partial charge in [0.05, 0.1) is 4.92 Å². The standard InChI is InChI=1S/C13H14ClNO2S/c14-12-8-1-2-9(7-8)13(12)18-11-5-3-10(4-6-11)15(16)17/h3-6,8-9,12-13H,1-2,7H2/t8-,9+,12-,13+/m1/s1. The van der Waals surface area contributed by atoms with Gasteiger partial charge in [0, 0.05) is 27.7 Å². The van der Waals surface area contributed by atoms with Crippen molar-refractivity contribution >= 4 is 29.1 Å². The molecule has 2 saturated carbocycles. The largest absolute Gasteiger partial charge is 0.269 e. The Morgan fingerprint density at radius 1 is 1.22 bits per heavy atom. The molecule has 0 heterocycles. The lowest BCUT2D eigenvalue weighted by atomic mass is 10.00. The number of nitrogens with zero attached hydrogens (tertiary/aromatic N) is 1. The topological polar surface area (TPSA) is 43.1 Å². The third-order valence-corrected chi connectivity index (χ3v) is 6.33. The maximum Gasteiger partial charge on any atom is 0.269 e. The predicted octanol–water partition coefficient (Wildman–Crippen LogP) is 4.09. The Morgan fingerprint density at radius 2 is 1.89 bits per heavy atom. The van der Waals surface area contributed by atoms with Crippen molar-refractivity contribution < 1.29 is 4.92 Å². The Kier molecular flexibility index (Phi) is 3.24. The molecule has 18 heavy (non-hydrogen) atoms. The molecule has 3 rings (SSSR count). The molecule has 1 aromatic carbocycles. The van der Waals surface area contributed by atoms with Gasteiger partial charge in [-0.2, -0.15) is 0 Å². The van der Waals surface area contributed by atoms with E-state index in [4.69, 9.17) is 11.6 Å². The van der Waals surface area contributed by atoms with E-state index in [9.17, 15) is 10.1 Å². The van der Waals surface area contributed by atoms with Gasteiger partial charge in [-0.25, -0.2) is 0 Å². The zero-order chi connectivity index (χ0) is 12.7. The van der Waals surface area contributed by atoms with E-state index in [1.807, 2.05) is 12.1 Å². The molecule has 0 amide bonds. The number of hydrogen-bond donors (Lipinski definition) is 0. The van der Waals surface area contributed by atoms with Gasteiger partial charge in [0.15, 0.2) is 0 Å². The molecule has 2 bridgehead atoms. The summed E-state index contributed by atoms with van der Waals surface area (Å²) in [6.45, 7) is 0. The first-order chi connectivity index (χ1) is 8.65. The SMILES string of the molecule is O=[N+]([O-])c1ccc(S[C@H]2[C@H]3CC[C@H](C3)[C@H]2Cl)cc1. The zero-order valence-corrected chi connectivity index (χ0v) is 11.4. The van der Waals surface area contributed by atoms with Crippen molar-refractivity contribution in [2.45, 2.75) is 34.8 Å². The molecule has 1 aromatic rings. The third-order valence-electron chi connectivity index (χ3n) is 4.06. The molecule has 4 atom stereocenters. The molecule has 0 aromatic heterocycles. The number of hydrogen-bond acceptors (Lipinski definition) is 3. The van der Waals surface area contributed by atoms with Gasteiger partial charge >= 0.3 is 0 Å². The van der Waals surface area contributed by atoms with Gasteiger partial charge in [-0.1, -0.05) is 0 Å². The lowest BCUT2D eigenvalue weighted by Gasteiger charge is -2.25. The van der Waals surface area contributed by atoms with Crippen LogP contribution in [0.2, 0.25) is 0 Å². The van der Waals surface area contributed by atoms with Crippen LogP contribution in [-0.2, 0) is 0 Å². The average molecular weight is 284 g/mol. The van der Waals surface area contributed by atoms with Crippen molar-refractivity contribution in [1.29, 1.82) is 0 Å². The molecule has 0 saturated heterocycles. The van der Waals surface area contributed by atoms with E-state index in [2.05, 4.69) is 0 Å². The van der Waals surface area contributed by atoms with Crippen LogP contribution in [0.15, 0.2) is 29.2 Å². The van der Waals surface area contributed by atoms with E-state index in [1.54, 1.807) is 23.9 Å². The van der Waals surface area contributed by atoms with Crippen molar-refractivity contribution in [3.8, 4) is 0 Å². The van der Waals surface area contributed by atoms with Crippen LogP contribution in [0.5, 0.6) is 0 Å². The van der Waals surface area contributed by atoms with E-state index < -0.39 is 0 Å². The Labute approximate surface area is 115 Å².